The number of hydrogen-bond acceptors (Lipinski definition) is 4. The van der Waals surface area contributed by atoms with E-state index in [-0.39, 0.29) is 18.4 Å². The van der Waals surface area contributed by atoms with Crippen LogP contribution in [0.15, 0.2) is 4.90 Å². The molecular weight excluding hydrogens is 288 g/mol. The van der Waals surface area contributed by atoms with Crippen LogP contribution in [0.1, 0.15) is 18.3 Å². The molecule has 1 saturated heterocycles. The highest BCUT2D eigenvalue weighted by molar-refractivity contribution is 7.89. The summed E-state index contributed by atoms with van der Waals surface area (Å²) in [5.74, 6) is 0. The quantitative estimate of drug-likeness (QED) is 0.861. The maximum Gasteiger partial charge on any atom is 0.247 e. The first-order chi connectivity index (χ1) is 8.35. The second-order valence-corrected chi connectivity index (χ2v) is 6.62. The van der Waals surface area contributed by atoms with E-state index in [9.17, 15) is 8.42 Å². The van der Waals surface area contributed by atoms with Crippen LogP contribution in [0.2, 0.25) is 0 Å². The molecule has 1 aromatic rings. The van der Waals surface area contributed by atoms with Gasteiger partial charge in [-0.05, 0) is 20.8 Å². The van der Waals surface area contributed by atoms with Crippen molar-refractivity contribution in [1.82, 2.24) is 19.4 Å². The molecule has 6 nitrogen and oxygen atoms in total. The number of nitrogens with zero attached hydrogens (tertiary/aromatic N) is 3. The van der Waals surface area contributed by atoms with Crippen LogP contribution in [-0.2, 0) is 17.1 Å². The summed E-state index contributed by atoms with van der Waals surface area (Å²) < 4.78 is 28.6. The van der Waals surface area contributed by atoms with E-state index in [1.54, 1.807) is 29.9 Å². The van der Waals surface area contributed by atoms with E-state index in [0.717, 1.165) is 0 Å². The molecule has 1 atom stereocenters. The number of aryl methyl sites for hydroxylation is 2. The largest absolute Gasteiger partial charge is 0.314 e. The lowest BCUT2D eigenvalue weighted by Crippen LogP contribution is -2.52. The van der Waals surface area contributed by atoms with Crippen molar-refractivity contribution in [3.05, 3.63) is 11.4 Å². The van der Waals surface area contributed by atoms with Crippen LogP contribution in [0.4, 0.5) is 0 Å². The van der Waals surface area contributed by atoms with Gasteiger partial charge in [-0.2, -0.15) is 9.40 Å². The zero-order chi connectivity index (χ0) is 13.5. The summed E-state index contributed by atoms with van der Waals surface area (Å²) in [5, 5.41) is 7.39. The topological polar surface area (TPSA) is 67.2 Å². The summed E-state index contributed by atoms with van der Waals surface area (Å²) in [6, 6.07) is -0.0252. The number of aromatic nitrogens is 2. The van der Waals surface area contributed by atoms with Gasteiger partial charge in [0, 0.05) is 32.7 Å². The van der Waals surface area contributed by atoms with Gasteiger partial charge in [0.1, 0.15) is 4.90 Å². The summed E-state index contributed by atoms with van der Waals surface area (Å²) in [6.07, 6.45) is 0. The molecule has 8 heteroatoms. The molecule has 0 bridgehead atoms. The van der Waals surface area contributed by atoms with Gasteiger partial charge in [-0.25, -0.2) is 8.42 Å². The van der Waals surface area contributed by atoms with Crippen molar-refractivity contribution in [2.75, 3.05) is 19.6 Å². The van der Waals surface area contributed by atoms with Crippen molar-refractivity contribution in [2.24, 2.45) is 7.05 Å². The average molecular weight is 309 g/mol. The number of sulfonamides is 1. The van der Waals surface area contributed by atoms with Crippen LogP contribution < -0.4 is 5.32 Å². The molecular formula is C11H21ClN4O2S. The van der Waals surface area contributed by atoms with Crippen molar-refractivity contribution in [2.45, 2.75) is 31.7 Å². The summed E-state index contributed by atoms with van der Waals surface area (Å²) in [5.41, 5.74) is 1.26. The van der Waals surface area contributed by atoms with Crippen molar-refractivity contribution in [3.8, 4) is 0 Å². The molecule has 1 fully saturated rings. The first-order valence-electron chi connectivity index (χ1n) is 6.08. The molecule has 19 heavy (non-hydrogen) atoms. The van der Waals surface area contributed by atoms with E-state index >= 15 is 0 Å². The molecule has 1 aliphatic rings. The Morgan fingerprint density at radius 1 is 1.37 bits per heavy atom. The monoisotopic (exact) mass is 308 g/mol. The second kappa shape index (κ2) is 5.78. The molecule has 0 unspecified atom stereocenters. The SMILES string of the molecule is Cc1nn(C)c(C)c1S(=O)(=O)N1CCNC[C@@H]1C.Cl. The number of rotatable bonds is 2. The van der Waals surface area contributed by atoms with Crippen molar-refractivity contribution in [3.63, 3.8) is 0 Å². The third-order valence-corrected chi connectivity index (χ3v) is 5.72. The molecule has 0 spiro atoms. The van der Waals surface area contributed by atoms with Gasteiger partial charge in [0.2, 0.25) is 10.0 Å². The summed E-state index contributed by atoms with van der Waals surface area (Å²) in [7, 11) is -1.68. The lowest BCUT2D eigenvalue weighted by atomic mass is 10.3. The molecule has 1 N–H and O–H groups in total. The molecule has 1 aliphatic heterocycles. The fraction of sp³-hybridized carbons (Fsp3) is 0.727. The Bertz CT molecular complexity index is 555. The Labute approximate surface area is 120 Å². The molecule has 0 radical (unpaired) electrons. The van der Waals surface area contributed by atoms with Gasteiger partial charge in [0.15, 0.2) is 0 Å². The summed E-state index contributed by atoms with van der Waals surface area (Å²) in [4.78, 5) is 0.360. The van der Waals surface area contributed by atoms with E-state index in [0.29, 0.717) is 35.9 Å². The van der Waals surface area contributed by atoms with Gasteiger partial charge in [0.25, 0.3) is 0 Å². The molecule has 2 rings (SSSR count). The zero-order valence-corrected chi connectivity index (χ0v) is 13.3. The second-order valence-electron chi connectivity index (χ2n) is 4.79. The van der Waals surface area contributed by atoms with Crippen LogP contribution >= 0.6 is 12.4 Å². The highest BCUT2D eigenvalue weighted by Crippen LogP contribution is 2.24. The first-order valence-corrected chi connectivity index (χ1v) is 7.52. The number of hydrogen-bond donors (Lipinski definition) is 1. The Balaban J connectivity index is 0.00000180. The first kappa shape index (κ1) is 16.4. The molecule has 1 aromatic heterocycles. The lowest BCUT2D eigenvalue weighted by molar-refractivity contribution is 0.283. The normalized spacial score (nSPS) is 21.2. The highest BCUT2D eigenvalue weighted by atomic mass is 35.5. The van der Waals surface area contributed by atoms with Crippen molar-refractivity contribution >= 4 is 22.4 Å². The fourth-order valence-corrected chi connectivity index (χ4v) is 4.46. The molecule has 0 aliphatic carbocycles. The summed E-state index contributed by atoms with van der Waals surface area (Å²) in [6.45, 7) is 7.36. The van der Waals surface area contributed by atoms with Crippen molar-refractivity contribution < 1.29 is 8.42 Å². The van der Waals surface area contributed by atoms with Gasteiger partial charge in [-0.3, -0.25) is 4.68 Å². The van der Waals surface area contributed by atoms with Crippen LogP contribution in [0, 0.1) is 13.8 Å². The molecule has 2 heterocycles. The van der Waals surface area contributed by atoms with Crippen LogP contribution in [0.3, 0.4) is 0 Å². The molecule has 0 amide bonds. The van der Waals surface area contributed by atoms with E-state index in [1.165, 1.54) is 0 Å². The maximum absolute atomic E-state index is 12.7. The molecule has 0 aromatic carbocycles. The predicted molar refractivity (Wildman–Crippen MR) is 76.2 cm³/mol. The average Bonchev–Trinajstić information content (AvgIpc) is 2.53. The Morgan fingerprint density at radius 3 is 2.47 bits per heavy atom. The van der Waals surface area contributed by atoms with Crippen LogP contribution in [-0.4, -0.2) is 48.2 Å². The van der Waals surface area contributed by atoms with Gasteiger partial charge in [-0.1, -0.05) is 0 Å². The van der Waals surface area contributed by atoms with Gasteiger partial charge in [0.05, 0.1) is 11.4 Å². The standard InChI is InChI=1S/C11H20N4O2S.ClH/c1-8-7-12-5-6-15(8)18(16,17)11-9(2)13-14(4)10(11)3;/h8,12H,5-7H2,1-4H3;1H/t8-;/m0./s1. The third kappa shape index (κ3) is 2.79. The minimum absolute atomic E-state index is 0. The minimum Gasteiger partial charge on any atom is -0.314 e. The van der Waals surface area contributed by atoms with E-state index < -0.39 is 10.0 Å². The van der Waals surface area contributed by atoms with Crippen molar-refractivity contribution in [1.29, 1.82) is 0 Å². The van der Waals surface area contributed by atoms with Gasteiger partial charge < -0.3 is 5.32 Å². The lowest BCUT2D eigenvalue weighted by Gasteiger charge is -2.32. The van der Waals surface area contributed by atoms with Gasteiger partial charge in [-0.15, -0.1) is 12.4 Å². The maximum atomic E-state index is 12.7. The third-order valence-electron chi connectivity index (χ3n) is 3.45. The zero-order valence-electron chi connectivity index (χ0n) is 11.7. The minimum atomic E-state index is -3.44. The number of halogens is 1. The predicted octanol–water partition coefficient (Wildman–Crippen LogP) is 0.441. The Morgan fingerprint density at radius 2 is 2.00 bits per heavy atom. The summed E-state index contributed by atoms with van der Waals surface area (Å²) >= 11 is 0. The fourth-order valence-electron chi connectivity index (χ4n) is 2.42. The van der Waals surface area contributed by atoms with E-state index in [1.807, 2.05) is 6.92 Å². The van der Waals surface area contributed by atoms with Crippen LogP contribution in [0.5, 0.6) is 0 Å². The van der Waals surface area contributed by atoms with E-state index in [4.69, 9.17) is 0 Å². The number of piperazine rings is 1. The molecule has 110 valence electrons. The Hall–Kier alpha value is -0.630. The van der Waals surface area contributed by atoms with Crippen LogP contribution in [0.25, 0.3) is 0 Å². The highest BCUT2D eigenvalue weighted by Gasteiger charge is 2.34. The number of nitrogens with one attached hydrogen (secondary N) is 1. The van der Waals surface area contributed by atoms with Gasteiger partial charge >= 0.3 is 0 Å². The smallest absolute Gasteiger partial charge is 0.247 e. The molecule has 0 saturated carbocycles. The van der Waals surface area contributed by atoms with E-state index in [2.05, 4.69) is 10.4 Å². The Kier molecular flexibility index (Phi) is 5.00.